The van der Waals surface area contributed by atoms with E-state index in [9.17, 15) is 22.0 Å². The van der Waals surface area contributed by atoms with Gasteiger partial charge < -0.3 is 4.74 Å². The Morgan fingerprint density at radius 1 is 0.750 bits per heavy atom. The van der Waals surface area contributed by atoms with E-state index >= 15 is 8.78 Å². The lowest BCUT2D eigenvalue weighted by Gasteiger charge is -2.32. The van der Waals surface area contributed by atoms with Gasteiger partial charge in [0.15, 0.2) is 11.6 Å². The van der Waals surface area contributed by atoms with Crippen molar-refractivity contribution in [2.45, 2.75) is 108 Å². The van der Waals surface area contributed by atoms with Crippen molar-refractivity contribution in [2.24, 2.45) is 11.8 Å². The molecule has 222 valence electrons. The van der Waals surface area contributed by atoms with Gasteiger partial charge >= 0.3 is 6.36 Å². The highest BCUT2D eigenvalue weighted by Crippen LogP contribution is 2.42. The molecule has 40 heavy (non-hydrogen) atoms. The molecule has 4 rings (SSSR count). The molecule has 0 radical (unpaired) electrons. The summed E-state index contributed by atoms with van der Waals surface area (Å²) in [5, 5.41) is 0. The number of alkyl halides is 3. The Bertz CT molecular complexity index is 1070. The molecule has 1 aliphatic carbocycles. The van der Waals surface area contributed by atoms with Gasteiger partial charge in [-0.05, 0) is 78.8 Å². The van der Waals surface area contributed by atoms with Crippen molar-refractivity contribution in [1.82, 2.24) is 0 Å². The first-order valence-electron chi connectivity index (χ1n) is 14.8. The van der Waals surface area contributed by atoms with Crippen molar-refractivity contribution in [3.8, 4) is 16.9 Å². The number of halogens is 7. The van der Waals surface area contributed by atoms with Gasteiger partial charge in [-0.1, -0.05) is 70.0 Å². The van der Waals surface area contributed by atoms with E-state index < -0.39 is 55.3 Å². The summed E-state index contributed by atoms with van der Waals surface area (Å²) in [6.07, 6.45) is 7.74. The van der Waals surface area contributed by atoms with Gasteiger partial charge in [0, 0.05) is 8.80 Å². The van der Waals surface area contributed by atoms with Crippen LogP contribution in [0.25, 0.3) is 11.1 Å². The summed E-state index contributed by atoms with van der Waals surface area (Å²) in [4.78, 5) is 0. The van der Waals surface area contributed by atoms with Gasteiger partial charge in [-0.15, -0.1) is 13.2 Å². The molecule has 2 aromatic carbocycles. The highest BCUT2D eigenvalue weighted by atomic mass is 28.3. The molecule has 0 unspecified atom stereocenters. The van der Waals surface area contributed by atoms with Crippen LogP contribution in [0, 0.1) is 35.1 Å². The van der Waals surface area contributed by atoms with Crippen LogP contribution in [0.3, 0.4) is 0 Å². The van der Waals surface area contributed by atoms with E-state index in [4.69, 9.17) is 0 Å². The molecule has 0 bridgehead atoms. The maximum atomic E-state index is 15.0. The van der Waals surface area contributed by atoms with Gasteiger partial charge in [0.1, 0.15) is 11.6 Å². The standard InChI is InChI=1S/C31H39F7OSi/c1-2-3-4-13-40-14-11-21(12-15-40)6-5-20-7-9-22(10-8-20)23-16-25(32)29(26(33)17-23)24-18-27(34)30(28(35)19-24)39-31(36,37)38/h16-22,40H,2-15H2,1H3. The van der Waals surface area contributed by atoms with Crippen molar-refractivity contribution in [3.05, 3.63) is 53.1 Å². The molecule has 1 heterocycles. The first-order chi connectivity index (χ1) is 19.0. The van der Waals surface area contributed by atoms with Crippen LogP contribution in [0.5, 0.6) is 5.75 Å². The van der Waals surface area contributed by atoms with Crippen molar-refractivity contribution in [2.75, 3.05) is 0 Å². The normalized spacial score (nSPS) is 23.8. The zero-order valence-corrected chi connectivity index (χ0v) is 24.2. The van der Waals surface area contributed by atoms with Crippen LogP contribution in [-0.2, 0) is 0 Å². The van der Waals surface area contributed by atoms with E-state index in [1.54, 1.807) is 0 Å². The Balaban J connectivity index is 1.30. The largest absolute Gasteiger partial charge is 0.573 e. The molecule has 1 saturated heterocycles. The number of unbranched alkanes of at least 4 members (excludes halogenated alkanes) is 2. The summed E-state index contributed by atoms with van der Waals surface area (Å²) >= 11 is 0. The molecule has 1 aliphatic heterocycles. The maximum Gasteiger partial charge on any atom is 0.573 e. The second kappa shape index (κ2) is 13.8. The molecule has 0 amide bonds. The smallest absolute Gasteiger partial charge is 0.399 e. The van der Waals surface area contributed by atoms with Gasteiger partial charge in [-0.3, -0.25) is 0 Å². The maximum absolute atomic E-state index is 15.0. The van der Waals surface area contributed by atoms with Crippen molar-refractivity contribution in [1.29, 1.82) is 0 Å². The summed E-state index contributed by atoms with van der Waals surface area (Å²) in [6, 6.07) is 7.77. The topological polar surface area (TPSA) is 9.23 Å². The summed E-state index contributed by atoms with van der Waals surface area (Å²) < 4.78 is 98.9. The number of rotatable bonds is 10. The van der Waals surface area contributed by atoms with E-state index in [0.717, 1.165) is 31.6 Å². The highest BCUT2D eigenvalue weighted by Gasteiger charge is 2.34. The predicted octanol–water partition coefficient (Wildman–Crippen LogP) is 10.7. The summed E-state index contributed by atoms with van der Waals surface area (Å²) in [5.74, 6) is -5.59. The third kappa shape index (κ3) is 8.26. The van der Waals surface area contributed by atoms with Crippen molar-refractivity contribution < 1.29 is 35.5 Å². The number of benzene rings is 2. The van der Waals surface area contributed by atoms with Gasteiger partial charge in [0.25, 0.3) is 0 Å². The zero-order valence-electron chi connectivity index (χ0n) is 23.1. The first kappa shape index (κ1) is 30.9. The number of hydrogen-bond donors (Lipinski definition) is 0. The molecule has 0 atom stereocenters. The fraction of sp³-hybridized carbons (Fsp3) is 0.613. The molecule has 2 aliphatic rings. The van der Waals surface area contributed by atoms with Gasteiger partial charge in [-0.25, -0.2) is 17.6 Å². The van der Waals surface area contributed by atoms with E-state index in [-0.39, 0.29) is 5.92 Å². The monoisotopic (exact) mass is 588 g/mol. The van der Waals surface area contributed by atoms with Crippen LogP contribution >= 0.6 is 0 Å². The minimum Gasteiger partial charge on any atom is -0.399 e. The van der Waals surface area contributed by atoms with Crippen LogP contribution in [0.15, 0.2) is 24.3 Å². The SMILES string of the molecule is CCCCC[SiH]1CCC(CCC2CCC(c3cc(F)c(-c4cc(F)c(OC(F)(F)F)c(F)c4)c(F)c3)CC2)CC1. The second-order valence-electron chi connectivity index (χ2n) is 11.9. The fourth-order valence-corrected chi connectivity index (χ4v) is 10.4. The second-order valence-corrected chi connectivity index (χ2v) is 15.3. The van der Waals surface area contributed by atoms with Gasteiger partial charge in [0.05, 0.1) is 5.56 Å². The van der Waals surface area contributed by atoms with Crippen LogP contribution in [0.4, 0.5) is 30.7 Å². The summed E-state index contributed by atoms with van der Waals surface area (Å²) in [5.41, 5.74) is -0.717. The van der Waals surface area contributed by atoms with Gasteiger partial charge in [0.2, 0.25) is 5.75 Å². The molecule has 0 N–H and O–H groups in total. The molecule has 9 heteroatoms. The predicted molar refractivity (Wildman–Crippen MR) is 146 cm³/mol. The van der Waals surface area contributed by atoms with E-state index in [0.29, 0.717) is 23.6 Å². The third-order valence-electron chi connectivity index (χ3n) is 9.05. The van der Waals surface area contributed by atoms with Crippen LogP contribution in [-0.4, -0.2) is 15.2 Å². The minimum atomic E-state index is -5.31. The van der Waals surface area contributed by atoms with Crippen LogP contribution in [0.2, 0.25) is 18.1 Å². The molecule has 0 spiro atoms. The highest BCUT2D eigenvalue weighted by molar-refractivity contribution is 6.58. The Morgan fingerprint density at radius 2 is 1.30 bits per heavy atom. The lowest BCUT2D eigenvalue weighted by Crippen LogP contribution is -2.22. The fourth-order valence-electron chi connectivity index (χ4n) is 6.77. The number of hydrogen-bond acceptors (Lipinski definition) is 1. The Hall–Kier alpha value is -2.03. The quantitative estimate of drug-likeness (QED) is 0.152. The van der Waals surface area contributed by atoms with E-state index in [2.05, 4.69) is 11.7 Å². The molecule has 1 nitrogen and oxygen atoms in total. The lowest BCUT2D eigenvalue weighted by atomic mass is 9.76. The lowest BCUT2D eigenvalue weighted by molar-refractivity contribution is -0.276. The van der Waals surface area contributed by atoms with Gasteiger partial charge in [-0.2, -0.15) is 0 Å². The third-order valence-corrected chi connectivity index (χ3v) is 12.6. The Kier molecular flexibility index (Phi) is 10.6. The van der Waals surface area contributed by atoms with Crippen molar-refractivity contribution >= 4 is 8.80 Å². The molecule has 1 saturated carbocycles. The summed E-state index contributed by atoms with van der Waals surface area (Å²) in [7, 11) is -0.491. The Morgan fingerprint density at radius 3 is 1.82 bits per heavy atom. The molecule has 0 aromatic heterocycles. The van der Waals surface area contributed by atoms with Crippen LogP contribution < -0.4 is 4.74 Å². The average molecular weight is 589 g/mol. The molecule has 2 aromatic rings. The van der Waals surface area contributed by atoms with E-state index in [1.807, 2.05) is 0 Å². The summed E-state index contributed by atoms with van der Waals surface area (Å²) in [6.45, 7) is 2.26. The minimum absolute atomic E-state index is 0.00473. The average Bonchev–Trinajstić information content (AvgIpc) is 2.90. The molecular weight excluding hydrogens is 549 g/mol. The first-order valence-corrected chi connectivity index (χ1v) is 17.2. The van der Waals surface area contributed by atoms with Crippen molar-refractivity contribution in [3.63, 3.8) is 0 Å². The zero-order chi connectivity index (χ0) is 28.9. The van der Waals surface area contributed by atoms with Crippen LogP contribution in [0.1, 0.15) is 89.0 Å². The molecule has 2 fully saturated rings. The Labute approximate surface area is 234 Å². The molecular formula is C31H39F7OSi. The van der Waals surface area contributed by atoms with E-state index in [1.165, 1.54) is 75.2 Å². The number of ether oxygens (including phenoxy) is 1.